The third kappa shape index (κ3) is 2.78. The van der Waals surface area contributed by atoms with Gasteiger partial charge in [-0.1, -0.05) is 12.1 Å². The van der Waals surface area contributed by atoms with Crippen LogP contribution in [-0.2, 0) is 0 Å². The highest BCUT2D eigenvalue weighted by Crippen LogP contribution is 2.30. The predicted molar refractivity (Wildman–Crippen MR) is 90.0 cm³/mol. The molecule has 0 aliphatic carbocycles. The lowest BCUT2D eigenvalue weighted by molar-refractivity contribution is -0.384. The summed E-state index contributed by atoms with van der Waals surface area (Å²) in [6, 6.07) is 7.38. The molecule has 8 heteroatoms. The average molecular weight is 344 g/mol. The number of carbonyl (C=O) groups is 1. The van der Waals surface area contributed by atoms with Crippen LogP contribution in [0.4, 0.5) is 5.69 Å². The van der Waals surface area contributed by atoms with Crippen LogP contribution in [0.15, 0.2) is 30.5 Å². The predicted octanol–water partition coefficient (Wildman–Crippen LogP) is 2.34. The molecule has 1 aromatic heterocycles. The minimum Gasteiger partial charge on any atom is -0.347 e. The van der Waals surface area contributed by atoms with Gasteiger partial charge in [0.25, 0.3) is 11.6 Å². The summed E-state index contributed by atoms with van der Waals surface area (Å²) < 4.78 is 0. The van der Waals surface area contributed by atoms with Crippen molar-refractivity contribution < 1.29 is 9.72 Å². The normalized spacial score (nSPS) is 24.9. The first-order chi connectivity index (χ1) is 11.6. The van der Waals surface area contributed by atoms with Gasteiger partial charge in [-0.05, 0) is 19.3 Å². The van der Waals surface area contributed by atoms with Gasteiger partial charge in [-0.25, -0.2) is 4.98 Å². The standard InChI is InChI=1S/C16H16N4O3S/c21-15(19-13-7-10-4-5-12(13)18-10)14-8-17-16(24-14)9-2-1-3-11(6-9)20(22)23/h1-3,6,8,10,12-13,18H,4-5,7H2,(H,19,21). The Hall–Kier alpha value is -2.32. The van der Waals surface area contributed by atoms with Crippen molar-refractivity contribution in [3.05, 3.63) is 45.5 Å². The molecule has 3 unspecified atom stereocenters. The number of nitro benzene ring substituents is 1. The number of amides is 1. The lowest BCUT2D eigenvalue weighted by Crippen LogP contribution is -2.42. The van der Waals surface area contributed by atoms with Crippen LogP contribution in [0, 0.1) is 10.1 Å². The van der Waals surface area contributed by atoms with E-state index in [1.807, 2.05) is 0 Å². The molecule has 0 spiro atoms. The summed E-state index contributed by atoms with van der Waals surface area (Å²) in [5, 5.41) is 18.1. The topological polar surface area (TPSA) is 97.2 Å². The van der Waals surface area contributed by atoms with Crippen molar-refractivity contribution in [1.29, 1.82) is 0 Å². The molecular weight excluding hydrogens is 328 g/mol. The minimum absolute atomic E-state index is 0.0155. The lowest BCUT2D eigenvalue weighted by atomic mass is 9.95. The van der Waals surface area contributed by atoms with Crippen molar-refractivity contribution in [2.45, 2.75) is 37.4 Å². The number of benzene rings is 1. The molecule has 24 heavy (non-hydrogen) atoms. The van der Waals surface area contributed by atoms with E-state index in [1.54, 1.807) is 12.1 Å². The van der Waals surface area contributed by atoms with Crippen molar-refractivity contribution in [3.63, 3.8) is 0 Å². The minimum atomic E-state index is -0.438. The van der Waals surface area contributed by atoms with Gasteiger partial charge in [0.1, 0.15) is 9.88 Å². The second-order valence-electron chi connectivity index (χ2n) is 6.20. The van der Waals surface area contributed by atoms with E-state index in [1.165, 1.54) is 36.1 Å². The van der Waals surface area contributed by atoms with E-state index in [2.05, 4.69) is 15.6 Å². The Morgan fingerprint density at radius 3 is 3.00 bits per heavy atom. The molecule has 3 heterocycles. The van der Waals surface area contributed by atoms with Crippen LogP contribution >= 0.6 is 11.3 Å². The Labute approximate surface area is 142 Å². The fourth-order valence-corrected chi connectivity index (χ4v) is 4.30. The highest BCUT2D eigenvalue weighted by atomic mass is 32.1. The number of thiazole rings is 1. The van der Waals surface area contributed by atoms with Gasteiger partial charge >= 0.3 is 0 Å². The van der Waals surface area contributed by atoms with Crippen LogP contribution in [0.3, 0.4) is 0 Å². The van der Waals surface area contributed by atoms with Crippen molar-refractivity contribution in [3.8, 4) is 10.6 Å². The number of non-ortho nitro benzene ring substituents is 1. The number of nitro groups is 1. The molecule has 2 N–H and O–H groups in total. The van der Waals surface area contributed by atoms with E-state index < -0.39 is 4.92 Å². The first-order valence-electron chi connectivity index (χ1n) is 7.88. The molecule has 7 nitrogen and oxygen atoms in total. The smallest absolute Gasteiger partial charge is 0.270 e. The number of rotatable bonds is 4. The van der Waals surface area contributed by atoms with Crippen LogP contribution in [0.25, 0.3) is 10.6 Å². The summed E-state index contributed by atoms with van der Waals surface area (Å²) in [5.74, 6) is -0.122. The van der Waals surface area contributed by atoms with Gasteiger partial charge in [-0.2, -0.15) is 0 Å². The van der Waals surface area contributed by atoms with Crippen LogP contribution in [0.5, 0.6) is 0 Å². The summed E-state index contributed by atoms with van der Waals surface area (Å²) in [7, 11) is 0. The molecule has 2 bridgehead atoms. The molecule has 3 atom stereocenters. The molecule has 4 rings (SSSR count). The Balaban J connectivity index is 1.49. The summed E-state index contributed by atoms with van der Waals surface area (Å²) in [4.78, 5) is 27.6. The van der Waals surface area contributed by atoms with E-state index in [4.69, 9.17) is 0 Å². The number of aromatic nitrogens is 1. The lowest BCUT2D eigenvalue weighted by Gasteiger charge is -2.20. The maximum absolute atomic E-state index is 12.4. The zero-order valence-corrected chi connectivity index (χ0v) is 13.6. The van der Waals surface area contributed by atoms with E-state index >= 15 is 0 Å². The third-order valence-electron chi connectivity index (χ3n) is 4.65. The quantitative estimate of drug-likeness (QED) is 0.655. The third-order valence-corrected chi connectivity index (χ3v) is 5.70. The SMILES string of the molecule is O=C(NC1CC2CCC1N2)c1cnc(-c2cccc([N+](=O)[O-])c2)s1. The molecule has 2 aliphatic heterocycles. The summed E-state index contributed by atoms with van der Waals surface area (Å²) in [5.41, 5.74) is 0.664. The second kappa shape index (κ2) is 5.95. The van der Waals surface area contributed by atoms with Gasteiger partial charge < -0.3 is 10.6 Å². The molecule has 1 aromatic carbocycles. The zero-order valence-electron chi connectivity index (χ0n) is 12.8. The van der Waals surface area contributed by atoms with Crippen LogP contribution in [0.2, 0.25) is 0 Å². The molecule has 2 saturated heterocycles. The van der Waals surface area contributed by atoms with E-state index in [0.717, 1.165) is 12.8 Å². The number of carbonyl (C=O) groups excluding carboxylic acids is 1. The van der Waals surface area contributed by atoms with Gasteiger partial charge in [0.15, 0.2) is 0 Å². The van der Waals surface area contributed by atoms with Crippen molar-refractivity contribution in [1.82, 2.24) is 15.6 Å². The highest BCUT2D eigenvalue weighted by molar-refractivity contribution is 7.16. The summed E-state index contributed by atoms with van der Waals surface area (Å²) >= 11 is 1.25. The molecule has 2 aromatic rings. The molecule has 0 radical (unpaired) electrons. The average Bonchev–Trinajstić information content (AvgIpc) is 3.31. The molecule has 0 saturated carbocycles. The van der Waals surface area contributed by atoms with Crippen LogP contribution in [0.1, 0.15) is 28.9 Å². The van der Waals surface area contributed by atoms with Gasteiger partial charge in [0, 0.05) is 35.8 Å². The monoisotopic (exact) mass is 344 g/mol. The van der Waals surface area contributed by atoms with Gasteiger partial charge in [-0.3, -0.25) is 14.9 Å². The first kappa shape index (κ1) is 15.2. The fourth-order valence-electron chi connectivity index (χ4n) is 3.49. The van der Waals surface area contributed by atoms with Crippen molar-refractivity contribution in [2.24, 2.45) is 0 Å². The van der Waals surface area contributed by atoms with Crippen molar-refractivity contribution in [2.75, 3.05) is 0 Å². The fraction of sp³-hybridized carbons (Fsp3) is 0.375. The highest BCUT2D eigenvalue weighted by Gasteiger charge is 2.39. The van der Waals surface area contributed by atoms with E-state index in [-0.39, 0.29) is 17.6 Å². The Bertz CT molecular complexity index is 806. The maximum atomic E-state index is 12.4. The largest absolute Gasteiger partial charge is 0.347 e. The molecule has 2 aliphatic rings. The van der Waals surface area contributed by atoms with Gasteiger partial charge in [0.2, 0.25) is 0 Å². The Morgan fingerprint density at radius 1 is 1.42 bits per heavy atom. The number of hydrogen-bond acceptors (Lipinski definition) is 6. The zero-order chi connectivity index (χ0) is 16.7. The Morgan fingerprint density at radius 2 is 2.29 bits per heavy atom. The van der Waals surface area contributed by atoms with Gasteiger partial charge in [0.05, 0.1) is 11.1 Å². The summed E-state index contributed by atoms with van der Waals surface area (Å²) in [6.45, 7) is 0. The number of nitrogens with zero attached hydrogens (tertiary/aromatic N) is 2. The maximum Gasteiger partial charge on any atom is 0.270 e. The number of hydrogen-bond donors (Lipinski definition) is 2. The second-order valence-corrected chi connectivity index (χ2v) is 7.23. The van der Waals surface area contributed by atoms with Crippen molar-refractivity contribution >= 4 is 22.9 Å². The number of nitrogens with one attached hydrogen (secondary N) is 2. The van der Waals surface area contributed by atoms with E-state index in [0.29, 0.717) is 27.5 Å². The van der Waals surface area contributed by atoms with Gasteiger partial charge in [-0.15, -0.1) is 11.3 Å². The number of fused-ring (bicyclic) bond motifs is 2. The van der Waals surface area contributed by atoms with Crippen LogP contribution in [-0.4, -0.2) is 33.9 Å². The summed E-state index contributed by atoms with van der Waals surface area (Å²) in [6.07, 6.45) is 4.81. The molecule has 124 valence electrons. The molecule has 2 fully saturated rings. The van der Waals surface area contributed by atoms with E-state index in [9.17, 15) is 14.9 Å². The van der Waals surface area contributed by atoms with Crippen LogP contribution < -0.4 is 10.6 Å². The molecular formula is C16H16N4O3S. The molecule has 1 amide bonds. The first-order valence-corrected chi connectivity index (χ1v) is 8.69. The Kier molecular flexibility index (Phi) is 3.78.